The average Bonchev–Trinajstić information content (AvgIpc) is 3.17. The third-order valence-corrected chi connectivity index (χ3v) is 7.39. The number of hydrogen-bond acceptors (Lipinski definition) is 7. The summed E-state index contributed by atoms with van der Waals surface area (Å²) in [7, 11) is -2.92. The minimum absolute atomic E-state index is 0.0260. The fourth-order valence-electron chi connectivity index (χ4n) is 3.09. The van der Waals surface area contributed by atoms with Gasteiger partial charge in [-0.15, -0.1) is 10.2 Å². The van der Waals surface area contributed by atoms with Gasteiger partial charge in [-0.05, 0) is 44.2 Å². The Kier molecular flexibility index (Phi) is 5.90. The standard InChI is InChI=1S/C18H23N3O4S2/c1-11-5-4-6-12(2)16(11)19-17(22)13(3)26-18-21-20-15(25-18)9-14-7-8-27(23,24)10-14/h4-6,13-14H,7-10H2,1-3H3,(H,19,22)/t13-,14-/m1/s1. The molecule has 0 saturated carbocycles. The monoisotopic (exact) mass is 409 g/mol. The van der Waals surface area contributed by atoms with E-state index in [1.54, 1.807) is 6.92 Å². The Morgan fingerprint density at radius 2 is 2.04 bits per heavy atom. The summed E-state index contributed by atoms with van der Waals surface area (Å²) in [6.07, 6.45) is 1.08. The molecular formula is C18H23N3O4S2. The molecule has 0 aliphatic carbocycles. The lowest BCUT2D eigenvalue weighted by molar-refractivity contribution is -0.115. The number of nitrogens with one attached hydrogen (secondary N) is 1. The summed E-state index contributed by atoms with van der Waals surface area (Å²) in [6.45, 7) is 5.68. The van der Waals surface area contributed by atoms with Crippen molar-refractivity contribution in [3.63, 3.8) is 0 Å². The van der Waals surface area contributed by atoms with E-state index in [2.05, 4.69) is 15.5 Å². The smallest absolute Gasteiger partial charge is 0.277 e. The van der Waals surface area contributed by atoms with Crippen LogP contribution < -0.4 is 5.32 Å². The highest BCUT2D eigenvalue weighted by Gasteiger charge is 2.29. The van der Waals surface area contributed by atoms with Gasteiger partial charge in [-0.2, -0.15) is 0 Å². The highest BCUT2D eigenvalue weighted by atomic mass is 32.2. The van der Waals surface area contributed by atoms with E-state index in [1.165, 1.54) is 11.8 Å². The van der Waals surface area contributed by atoms with Crippen LogP contribution in [0.4, 0.5) is 5.69 Å². The van der Waals surface area contributed by atoms with Crippen LogP contribution >= 0.6 is 11.8 Å². The number of hydrogen-bond donors (Lipinski definition) is 1. The maximum atomic E-state index is 12.5. The predicted octanol–water partition coefficient (Wildman–Crippen LogP) is 2.78. The Bertz CT molecular complexity index is 920. The van der Waals surface area contributed by atoms with Crippen molar-refractivity contribution >= 4 is 33.2 Å². The van der Waals surface area contributed by atoms with Crippen LogP contribution in [0.2, 0.25) is 0 Å². The number of nitrogens with zero attached hydrogens (tertiary/aromatic N) is 2. The molecule has 1 fully saturated rings. The zero-order valence-corrected chi connectivity index (χ0v) is 17.2. The molecule has 3 rings (SSSR count). The Morgan fingerprint density at radius 1 is 1.33 bits per heavy atom. The van der Waals surface area contributed by atoms with Crippen LogP contribution in [-0.4, -0.2) is 41.3 Å². The van der Waals surface area contributed by atoms with Gasteiger partial charge in [0.15, 0.2) is 9.84 Å². The molecule has 0 unspecified atom stereocenters. The van der Waals surface area contributed by atoms with Crippen LogP contribution in [0.1, 0.15) is 30.4 Å². The molecule has 1 saturated heterocycles. The Hall–Kier alpha value is -1.87. The fraction of sp³-hybridized carbons (Fsp3) is 0.500. The van der Waals surface area contributed by atoms with Crippen molar-refractivity contribution in [1.29, 1.82) is 0 Å². The molecule has 146 valence electrons. The topological polar surface area (TPSA) is 102 Å². The quantitative estimate of drug-likeness (QED) is 0.732. The summed E-state index contributed by atoms with van der Waals surface area (Å²) in [5, 5.41) is 10.8. The number of aryl methyl sites for hydroxylation is 2. The SMILES string of the molecule is Cc1cccc(C)c1NC(=O)[C@@H](C)Sc1nnc(C[C@H]2CCS(=O)(=O)C2)o1. The largest absolute Gasteiger partial charge is 0.416 e. The molecule has 2 heterocycles. The van der Waals surface area contributed by atoms with Crippen LogP contribution in [0, 0.1) is 19.8 Å². The summed E-state index contributed by atoms with van der Waals surface area (Å²) >= 11 is 1.19. The first-order valence-electron chi connectivity index (χ1n) is 8.80. The van der Waals surface area contributed by atoms with Gasteiger partial charge >= 0.3 is 0 Å². The lowest BCUT2D eigenvalue weighted by Gasteiger charge is -2.14. The minimum atomic E-state index is -2.92. The lowest BCUT2D eigenvalue weighted by atomic mass is 10.1. The molecule has 7 nitrogen and oxygen atoms in total. The van der Waals surface area contributed by atoms with Crippen LogP contribution in [0.3, 0.4) is 0 Å². The molecular weight excluding hydrogens is 386 g/mol. The van der Waals surface area contributed by atoms with Crippen molar-refractivity contribution in [2.75, 3.05) is 16.8 Å². The summed E-state index contributed by atoms with van der Waals surface area (Å²) in [6, 6.07) is 5.86. The minimum Gasteiger partial charge on any atom is -0.416 e. The molecule has 1 amide bonds. The van der Waals surface area contributed by atoms with Crippen molar-refractivity contribution in [3.8, 4) is 0 Å². The normalized spacial score (nSPS) is 19.7. The second kappa shape index (κ2) is 8.02. The number of benzene rings is 1. The number of anilines is 1. The molecule has 1 N–H and O–H groups in total. The van der Waals surface area contributed by atoms with Gasteiger partial charge in [-0.25, -0.2) is 8.42 Å². The van der Waals surface area contributed by atoms with E-state index in [4.69, 9.17) is 4.42 Å². The Balaban J connectivity index is 1.57. The summed E-state index contributed by atoms with van der Waals surface area (Å²) in [4.78, 5) is 12.5. The molecule has 1 aromatic heterocycles. The molecule has 27 heavy (non-hydrogen) atoms. The Morgan fingerprint density at radius 3 is 2.67 bits per heavy atom. The van der Waals surface area contributed by atoms with Gasteiger partial charge in [0.25, 0.3) is 5.22 Å². The Labute approximate surface area is 163 Å². The van der Waals surface area contributed by atoms with Crippen LogP contribution in [0.5, 0.6) is 0 Å². The zero-order valence-electron chi connectivity index (χ0n) is 15.6. The van der Waals surface area contributed by atoms with E-state index >= 15 is 0 Å². The summed E-state index contributed by atoms with van der Waals surface area (Å²) < 4.78 is 28.7. The van der Waals surface area contributed by atoms with Gasteiger partial charge in [-0.3, -0.25) is 4.79 Å². The third-order valence-electron chi connectivity index (χ3n) is 4.61. The number of para-hydroxylation sites is 1. The number of sulfone groups is 1. The van der Waals surface area contributed by atoms with Crippen molar-refractivity contribution in [1.82, 2.24) is 10.2 Å². The van der Waals surface area contributed by atoms with E-state index < -0.39 is 15.1 Å². The molecule has 0 spiro atoms. The van der Waals surface area contributed by atoms with Gasteiger partial charge in [0.2, 0.25) is 11.8 Å². The highest BCUT2D eigenvalue weighted by molar-refractivity contribution is 8.00. The van der Waals surface area contributed by atoms with Gasteiger partial charge < -0.3 is 9.73 Å². The molecule has 1 aliphatic heterocycles. The van der Waals surface area contributed by atoms with Gasteiger partial charge in [0.05, 0.1) is 16.8 Å². The number of amides is 1. The first-order chi connectivity index (χ1) is 12.7. The maximum Gasteiger partial charge on any atom is 0.277 e. The van der Waals surface area contributed by atoms with Crippen molar-refractivity contribution < 1.29 is 17.6 Å². The fourth-order valence-corrected chi connectivity index (χ4v) is 5.65. The van der Waals surface area contributed by atoms with Crippen molar-refractivity contribution in [2.24, 2.45) is 5.92 Å². The molecule has 0 bridgehead atoms. The van der Waals surface area contributed by atoms with E-state index in [-0.39, 0.29) is 23.3 Å². The van der Waals surface area contributed by atoms with E-state index in [0.29, 0.717) is 24.0 Å². The highest BCUT2D eigenvalue weighted by Crippen LogP contribution is 2.27. The number of aromatic nitrogens is 2. The van der Waals surface area contributed by atoms with E-state index in [0.717, 1.165) is 16.8 Å². The number of rotatable bonds is 6. The lowest BCUT2D eigenvalue weighted by Crippen LogP contribution is -2.23. The second-order valence-electron chi connectivity index (χ2n) is 6.95. The summed E-state index contributed by atoms with van der Waals surface area (Å²) in [5.74, 6) is 0.703. The van der Waals surface area contributed by atoms with Gasteiger partial charge in [0, 0.05) is 12.1 Å². The average molecular weight is 410 g/mol. The third kappa shape index (κ3) is 5.10. The number of thioether (sulfide) groups is 1. The molecule has 0 radical (unpaired) electrons. The zero-order chi connectivity index (χ0) is 19.6. The van der Waals surface area contributed by atoms with Crippen molar-refractivity contribution in [2.45, 2.75) is 44.1 Å². The van der Waals surface area contributed by atoms with Crippen LogP contribution in [0.25, 0.3) is 0 Å². The van der Waals surface area contributed by atoms with Crippen LogP contribution in [-0.2, 0) is 21.1 Å². The van der Waals surface area contributed by atoms with Crippen LogP contribution in [0.15, 0.2) is 27.8 Å². The van der Waals surface area contributed by atoms with E-state index in [9.17, 15) is 13.2 Å². The molecule has 1 aliphatic rings. The first kappa shape index (κ1) is 19.9. The van der Waals surface area contributed by atoms with E-state index in [1.807, 2.05) is 32.0 Å². The molecule has 2 atom stereocenters. The predicted molar refractivity (Wildman–Crippen MR) is 105 cm³/mol. The maximum absolute atomic E-state index is 12.5. The summed E-state index contributed by atoms with van der Waals surface area (Å²) in [5.41, 5.74) is 2.84. The second-order valence-corrected chi connectivity index (χ2v) is 10.5. The van der Waals surface area contributed by atoms with Gasteiger partial charge in [-0.1, -0.05) is 30.0 Å². The molecule has 2 aromatic rings. The van der Waals surface area contributed by atoms with Gasteiger partial charge in [0.1, 0.15) is 0 Å². The molecule has 1 aromatic carbocycles. The number of carbonyl (C=O) groups excluding carboxylic acids is 1. The van der Waals surface area contributed by atoms with Crippen molar-refractivity contribution in [3.05, 3.63) is 35.2 Å². The molecule has 9 heteroatoms. The number of carbonyl (C=O) groups is 1. The first-order valence-corrected chi connectivity index (χ1v) is 11.5.